The van der Waals surface area contributed by atoms with Crippen LogP contribution in [0.5, 0.6) is 5.75 Å². The molecule has 0 atom stereocenters. The van der Waals surface area contributed by atoms with Crippen molar-refractivity contribution >= 4 is 11.9 Å². The number of hydrogen-bond donors (Lipinski definition) is 2. The molecule has 0 unspecified atom stereocenters. The minimum Gasteiger partial charge on any atom is -0.497 e. The van der Waals surface area contributed by atoms with Gasteiger partial charge in [0.2, 0.25) is 5.91 Å². The molecule has 1 amide bonds. The molecule has 5 heteroatoms. The van der Waals surface area contributed by atoms with Crippen molar-refractivity contribution in [2.75, 3.05) is 7.11 Å². The summed E-state index contributed by atoms with van der Waals surface area (Å²) in [5.41, 5.74) is 1.78. The van der Waals surface area contributed by atoms with Crippen molar-refractivity contribution in [1.82, 2.24) is 5.32 Å². The summed E-state index contributed by atoms with van der Waals surface area (Å²) in [6.45, 7) is 3.88. The molecule has 0 heterocycles. The summed E-state index contributed by atoms with van der Waals surface area (Å²) in [7, 11) is 1.61. The van der Waals surface area contributed by atoms with Gasteiger partial charge in [-0.2, -0.15) is 0 Å². The molecule has 0 spiro atoms. The zero-order chi connectivity index (χ0) is 17.7. The van der Waals surface area contributed by atoms with Gasteiger partial charge in [-0.1, -0.05) is 25.7 Å². The van der Waals surface area contributed by atoms with Crippen molar-refractivity contribution in [3.05, 3.63) is 28.8 Å². The van der Waals surface area contributed by atoms with Gasteiger partial charge >= 0.3 is 5.97 Å². The summed E-state index contributed by atoms with van der Waals surface area (Å²) in [6, 6.07) is 3.79. The van der Waals surface area contributed by atoms with E-state index < -0.39 is 11.5 Å². The van der Waals surface area contributed by atoms with Crippen LogP contribution in [0.1, 0.15) is 55.2 Å². The van der Waals surface area contributed by atoms with Crippen LogP contribution in [0.3, 0.4) is 0 Å². The van der Waals surface area contributed by atoms with Gasteiger partial charge in [0.05, 0.1) is 13.5 Å². The van der Waals surface area contributed by atoms with Crippen LogP contribution in [0.25, 0.3) is 0 Å². The Balaban J connectivity index is 2.16. The fraction of sp³-hybridized carbons (Fsp3) is 0.579. The van der Waals surface area contributed by atoms with Crippen LogP contribution in [-0.4, -0.2) is 29.6 Å². The predicted octanol–water partition coefficient (Wildman–Crippen LogP) is 3.15. The maximum atomic E-state index is 12.6. The Hall–Kier alpha value is -2.04. The Labute approximate surface area is 143 Å². The van der Waals surface area contributed by atoms with Gasteiger partial charge in [0.25, 0.3) is 0 Å². The quantitative estimate of drug-likeness (QED) is 0.812. The first-order valence-electron chi connectivity index (χ1n) is 8.56. The molecule has 2 rings (SSSR count). The highest BCUT2D eigenvalue weighted by Gasteiger charge is 2.40. The molecule has 24 heavy (non-hydrogen) atoms. The summed E-state index contributed by atoms with van der Waals surface area (Å²) < 4.78 is 5.24. The largest absolute Gasteiger partial charge is 0.497 e. The molecular formula is C19H27NO4. The number of carbonyl (C=O) groups excluding carboxylic acids is 1. The topological polar surface area (TPSA) is 75.6 Å². The van der Waals surface area contributed by atoms with E-state index in [9.17, 15) is 14.7 Å². The molecular weight excluding hydrogens is 306 g/mol. The molecule has 1 saturated carbocycles. The Morgan fingerprint density at radius 3 is 2.12 bits per heavy atom. The third kappa shape index (κ3) is 4.08. The minimum absolute atomic E-state index is 0.191. The smallest absolute Gasteiger partial charge is 0.329 e. The number of nitrogens with one attached hydrogen (secondary N) is 1. The Bertz CT molecular complexity index is 593. The summed E-state index contributed by atoms with van der Waals surface area (Å²) in [5.74, 6) is -0.378. The monoisotopic (exact) mass is 333 g/mol. The number of amides is 1. The minimum atomic E-state index is -1.11. The number of carbonyl (C=O) groups is 2. The third-order valence-corrected chi connectivity index (χ3v) is 4.99. The molecule has 1 aliphatic carbocycles. The van der Waals surface area contributed by atoms with E-state index in [4.69, 9.17) is 4.74 Å². The van der Waals surface area contributed by atoms with Gasteiger partial charge in [-0.25, -0.2) is 4.79 Å². The molecule has 0 saturated heterocycles. The zero-order valence-corrected chi connectivity index (χ0v) is 14.8. The van der Waals surface area contributed by atoms with E-state index in [1.54, 1.807) is 7.11 Å². The second kappa shape index (κ2) is 7.69. The first-order chi connectivity index (χ1) is 11.4. The van der Waals surface area contributed by atoms with E-state index in [2.05, 4.69) is 5.32 Å². The molecule has 0 aromatic heterocycles. The predicted molar refractivity (Wildman–Crippen MR) is 92.4 cm³/mol. The Morgan fingerprint density at radius 1 is 1.12 bits per heavy atom. The molecule has 132 valence electrons. The van der Waals surface area contributed by atoms with Gasteiger partial charge in [-0.3, -0.25) is 4.79 Å². The standard InChI is InChI=1S/C19H27NO4/c1-13-10-15(24-3)11-14(2)16(13)12-17(21)20-19(18(22)23)8-6-4-5-7-9-19/h10-11H,4-9,12H2,1-3H3,(H,20,21)(H,22,23). The number of methoxy groups -OCH3 is 1. The molecule has 5 nitrogen and oxygen atoms in total. The fourth-order valence-corrected chi connectivity index (χ4v) is 3.55. The van der Waals surface area contributed by atoms with Crippen molar-refractivity contribution < 1.29 is 19.4 Å². The first kappa shape index (κ1) is 18.3. The lowest BCUT2D eigenvalue weighted by Gasteiger charge is -2.29. The Morgan fingerprint density at radius 2 is 1.67 bits per heavy atom. The highest BCUT2D eigenvalue weighted by atomic mass is 16.5. The average molecular weight is 333 g/mol. The van der Waals surface area contributed by atoms with Gasteiger partial charge in [-0.15, -0.1) is 0 Å². The zero-order valence-electron chi connectivity index (χ0n) is 14.8. The molecule has 0 radical (unpaired) electrons. The van der Waals surface area contributed by atoms with E-state index in [1.807, 2.05) is 26.0 Å². The average Bonchev–Trinajstić information content (AvgIpc) is 2.77. The number of ether oxygens (including phenoxy) is 1. The number of carboxylic acid groups (broad SMARTS) is 1. The highest BCUT2D eigenvalue weighted by Crippen LogP contribution is 2.28. The SMILES string of the molecule is COc1cc(C)c(CC(=O)NC2(C(=O)O)CCCCCC2)c(C)c1. The third-order valence-electron chi connectivity index (χ3n) is 4.99. The van der Waals surface area contributed by atoms with E-state index in [0.717, 1.165) is 48.1 Å². The van der Waals surface area contributed by atoms with Crippen molar-refractivity contribution in [2.24, 2.45) is 0 Å². The first-order valence-corrected chi connectivity index (χ1v) is 8.56. The van der Waals surface area contributed by atoms with Gasteiger partial charge in [0.1, 0.15) is 11.3 Å². The van der Waals surface area contributed by atoms with Crippen molar-refractivity contribution in [3.63, 3.8) is 0 Å². The normalized spacial score (nSPS) is 17.0. The Kier molecular flexibility index (Phi) is 5.86. The number of hydrogen-bond acceptors (Lipinski definition) is 3. The number of rotatable bonds is 5. The molecule has 1 aromatic rings. The number of benzene rings is 1. The van der Waals surface area contributed by atoms with Crippen molar-refractivity contribution in [3.8, 4) is 5.75 Å². The second-order valence-electron chi connectivity index (χ2n) is 6.77. The van der Waals surface area contributed by atoms with Crippen molar-refractivity contribution in [2.45, 2.75) is 64.3 Å². The van der Waals surface area contributed by atoms with Crippen molar-refractivity contribution in [1.29, 1.82) is 0 Å². The summed E-state index contributed by atoms with van der Waals surface area (Å²) in [4.78, 5) is 24.4. The molecule has 2 N–H and O–H groups in total. The summed E-state index contributed by atoms with van der Waals surface area (Å²) in [5, 5.41) is 12.5. The van der Waals surface area contributed by atoms with E-state index in [0.29, 0.717) is 12.8 Å². The van der Waals surface area contributed by atoms with Crippen LogP contribution in [-0.2, 0) is 16.0 Å². The van der Waals surface area contributed by atoms with Crippen LogP contribution in [0, 0.1) is 13.8 Å². The summed E-state index contributed by atoms with van der Waals surface area (Å²) >= 11 is 0. The highest BCUT2D eigenvalue weighted by molar-refractivity contribution is 5.88. The van der Waals surface area contributed by atoms with Gasteiger partial charge in [0, 0.05) is 0 Å². The van der Waals surface area contributed by atoms with Crippen LogP contribution in [0.4, 0.5) is 0 Å². The van der Waals surface area contributed by atoms with Crippen LogP contribution < -0.4 is 10.1 Å². The second-order valence-corrected chi connectivity index (χ2v) is 6.77. The molecule has 1 fully saturated rings. The molecule has 1 aliphatic rings. The number of carboxylic acids is 1. The lowest BCUT2D eigenvalue weighted by molar-refractivity contribution is -0.148. The fourth-order valence-electron chi connectivity index (χ4n) is 3.55. The summed E-state index contributed by atoms with van der Waals surface area (Å²) in [6.07, 6.45) is 4.95. The van der Waals surface area contributed by atoms with E-state index >= 15 is 0 Å². The maximum absolute atomic E-state index is 12.6. The lowest BCUT2D eigenvalue weighted by atomic mass is 9.89. The van der Waals surface area contributed by atoms with E-state index in [-0.39, 0.29) is 12.3 Å². The van der Waals surface area contributed by atoms with E-state index in [1.165, 1.54) is 0 Å². The maximum Gasteiger partial charge on any atom is 0.329 e. The van der Waals surface area contributed by atoms with Crippen LogP contribution in [0.15, 0.2) is 12.1 Å². The van der Waals surface area contributed by atoms with Gasteiger partial charge in [-0.05, 0) is 55.5 Å². The van der Waals surface area contributed by atoms with Gasteiger partial charge < -0.3 is 15.2 Å². The lowest BCUT2D eigenvalue weighted by Crippen LogP contribution is -2.54. The van der Waals surface area contributed by atoms with Gasteiger partial charge in [0.15, 0.2) is 0 Å². The molecule has 0 aliphatic heterocycles. The molecule has 1 aromatic carbocycles. The number of aliphatic carboxylic acids is 1. The molecule has 0 bridgehead atoms. The van der Waals surface area contributed by atoms with Crippen LogP contribution in [0.2, 0.25) is 0 Å². The number of aryl methyl sites for hydroxylation is 2. The van der Waals surface area contributed by atoms with Crippen LogP contribution >= 0.6 is 0 Å².